The van der Waals surface area contributed by atoms with Crippen molar-refractivity contribution in [3.63, 3.8) is 0 Å². The minimum atomic E-state index is -4.72. The summed E-state index contributed by atoms with van der Waals surface area (Å²) < 4.78 is 60.2. The number of piperidine rings is 1. The third-order valence-corrected chi connectivity index (χ3v) is 7.20. The third kappa shape index (κ3) is 5.95. The van der Waals surface area contributed by atoms with E-state index in [1.165, 1.54) is 6.07 Å². The fraction of sp³-hybridized carbons (Fsp3) is 0.429. The van der Waals surface area contributed by atoms with Gasteiger partial charge in [-0.2, -0.15) is 18.3 Å². The molecule has 1 saturated heterocycles. The second-order valence-electron chi connectivity index (χ2n) is 9.82. The van der Waals surface area contributed by atoms with Crippen LogP contribution in [-0.2, 0) is 11.2 Å². The lowest BCUT2D eigenvalue weighted by molar-refractivity contribution is -0.137. The molecule has 0 aromatic heterocycles. The molecule has 0 amide bonds. The van der Waals surface area contributed by atoms with Gasteiger partial charge in [0.2, 0.25) is 0 Å². The Hall–Kier alpha value is -3.56. The molecule has 2 heterocycles. The van der Waals surface area contributed by atoms with Crippen molar-refractivity contribution in [2.45, 2.75) is 45.3 Å². The molecule has 0 aliphatic carbocycles. The van der Waals surface area contributed by atoms with Gasteiger partial charge in [-0.05, 0) is 61.4 Å². The topological polar surface area (TPSA) is 65.4 Å². The van der Waals surface area contributed by atoms with Gasteiger partial charge in [-0.25, -0.2) is 4.39 Å². The molecule has 4 rings (SSSR count). The number of anilines is 2. The van der Waals surface area contributed by atoms with Gasteiger partial charge in [-0.15, -0.1) is 0 Å². The van der Waals surface area contributed by atoms with Crippen LogP contribution in [0.4, 0.5) is 28.9 Å². The van der Waals surface area contributed by atoms with Crippen molar-refractivity contribution in [3.05, 3.63) is 66.0 Å². The van der Waals surface area contributed by atoms with Crippen molar-refractivity contribution >= 4 is 23.1 Å². The summed E-state index contributed by atoms with van der Waals surface area (Å²) in [7, 11) is 0. The predicted molar refractivity (Wildman–Crippen MR) is 138 cm³/mol. The molecule has 2 aromatic carbocycles. The van der Waals surface area contributed by atoms with E-state index in [1.54, 1.807) is 24.3 Å². The lowest BCUT2D eigenvalue weighted by Crippen LogP contribution is -2.40. The molecule has 0 bridgehead atoms. The van der Waals surface area contributed by atoms with Crippen molar-refractivity contribution in [2.24, 2.45) is 16.9 Å². The predicted octanol–water partition coefficient (Wildman–Crippen LogP) is 6.07. The van der Waals surface area contributed by atoms with Crippen LogP contribution in [0.2, 0.25) is 0 Å². The van der Waals surface area contributed by atoms with E-state index >= 15 is 0 Å². The quantitative estimate of drug-likeness (QED) is 0.418. The third-order valence-electron chi connectivity index (χ3n) is 7.20. The van der Waals surface area contributed by atoms with Gasteiger partial charge in [-0.3, -0.25) is 9.80 Å². The summed E-state index contributed by atoms with van der Waals surface area (Å²) in [6, 6.07) is 10.7. The first kappa shape index (κ1) is 27.5. The number of alkyl halides is 3. The second kappa shape index (κ2) is 11.0. The first-order valence-electron chi connectivity index (χ1n) is 12.6. The van der Waals surface area contributed by atoms with Crippen molar-refractivity contribution in [1.29, 1.82) is 0 Å². The maximum Gasteiger partial charge on any atom is 0.435 e. The van der Waals surface area contributed by atoms with E-state index in [-0.39, 0.29) is 17.3 Å². The molecule has 1 N–H and O–H groups in total. The lowest BCUT2D eigenvalue weighted by Gasteiger charge is -2.38. The molecule has 0 saturated carbocycles. The number of benzene rings is 2. The van der Waals surface area contributed by atoms with Crippen molar-refractivity contribution in [1.82, 2.24) is 0 Å². The highest BCUT2D eigenvalue weighted by Crippen LogP contribution is 2.37. The first-order chi connectivity index (χ1) is 18.0. The summed E-state index contributed by atoms with van der Waals surface area (Å²) in [5, 5.41) is 14.0. The molecule has 0 radical (unpaired) electrons. The van der Waals surface area contributed by atoms with Crippen LogP contribution in [0.25, 0.3) is 0 Å². The van der Waals surface area contributed by atoms with Crippen LogP contribution < -0.4 is 14.6 Å². The van der Waals surface area contributed by atoms with Crippen LogP contribution in [0.5, 0.6) is 5.75 Å². The summed E-state index contributed by atoms with van der Waals surface area (Å²) in [5.74, 6) is -0.258. The maximum absolute atomic E-state index is 14.5. The Balaban J connectivity index is 1.44. The van der Waals surface area contributed by atoms with Crippen LogP contribution in [0, 0.1) is 17.7 Å². The normalized spacial score (nSPS) is 22.0. The summed E-state index contributed by atoms with van der Waals surface area (Å²) >= 11 is 0. The molecular formula is C28H31F4N3O3. The molecular weight excluding hydrogens is 502 g/mol. The molecule has 10 heteroatoms. The Labute approximate surface area is 219 Å². The largest absolute Gasteiger partial charge is 0.494 e. The van der Waals surface area contributed by atoms with Gasteiger partial charge in [0.15, 0.2) is 5.71 Å². The Morgan fingerprint density at radius 3 is 2.53 bits per heavy atom. The van der Waals surface area contributed by atoms with Crippen LogP contribution >= 0.6 is 0 Å². The summed E-state index contributed by atoms with van der Waals surface area (Å²) in [4.78, 5) is 13.3. The standard InChI is InChI=1S/C28H31F4N3O3/c1-4-38-22-9-10-23(29)25(14-22)34-12-11-20(17(2)16-34)13-19-5-7-21(8-6-19)35-24(15-26(36)37)18(3)27(33-35)28(30,31)32/h5-10,14,17,20,24H,3-4,11-13,15-16H2,1-2H3,(H,36,37)/t17?,20?,24-/m0/s1. The number of halogens is 4. The maximum atomic E-state index is 14.5. The molecule has 2 aliphatic rings. The Kier molecular flexibility index (Phi) is 7.99. The smallest absolute Gasteiger partial charge is 0.435 e. The number of hydrazone groups is 1. The van der Waals surface area contributed by atoms with Gasteiger partial charge in [0.05, 0.1) is 30.4 Å². The van der Waals surface area contributed by atoms with Gasteiger partial charge >= 0.3 is 12.1 Å². The summed E-state index contributed by atoms with van der Waals surface area (Å²) in [5.41, 5.74) is 0.404. The molecule has 6 nitrogen and oxygen atoms in total. The van der Waals surface area contributed by atoms with Crippen LogP contribution in [-0.4, -0.2) is 48.7 Å². The Bertz CT molecular complexity index is 1210. The highest BCUT2D eigenvalue weighted by molar-refractivity contribution is 6.08. The monoisotopic (exact) mass is 533 g/mol. The van der Waals surface area contributed by atoms with Crippen LogP contribution in [0.1, 0.15) is 32.3 Å². The number of rotatable bonds is 8. The van der Waals surface area contributed by atoms with E-state index < -0.39 is 30.3 Å². The van der Waals surface area contributed by atoms with Crippen LogP contribution in [0.3, 0.4) is 0 Å². The fourth-order valence-electron chi connectivity index (χ4n) is 5.19. The zero-order valence-corrected chi connectivity index (χ0v) is 21.3. The zero-order chi connectivity index (χ0) is 27.6. The van der Waals surface area contributed by atoms with Crippen molar-refractivity contribution in [3.8, 4) is 5.75 Å². The Morgan fingerprint density at radius 2 is 1.92 bits per heavy atom. The molecule has 2 aromatic rings. The number of ether oxygens (including phenoxy) is 1. The number of nitrogens with zero attached hydrogens (tertiary/aromatic N) is 3. The highest BCUT2D eigenvalue weighted by Gasteiger charge is 2.46. The Morgan fingerprint density at radius 1 is 1.21 bits per heavy atom. The van der Waals surface area contributed by atoms with E-state index in [0.29, 0.717) is 42.7 Å². The number of hydrogen-bond donors (Lipinski definition) is 1. The van der Waals surface area contributed by atoms with Gasteiger partial charge in [-0.1, -0.05) is 25.6 Å². The van der Waals surface area contributed by atoms with Gasteiger partial charge in [0, 0.05) is 24.7 Å². The van der Waals surface area contributed by atoms with Crippen LogP contribution in [0.15, 0.2) is 59.7 Å². The highest BCUT2D eigenvalue weighted by atomic mass is 19.4. The van der Waals surface area contributed by atoms with Gasteiger partial charge in [0.1, 0.15) is 11.6 Å². The number of aliphatic carboxylic acids is 1. The fourth-order valence-corrected chi connectivity index (χ4v) is 5.19. The number of hydrogen-bond acceptors (Lipinski definition) is 5. The van der Waals surface area contributed by atoms with Gasteiger partial charge in [0.25, 0.3) is 0 Å². The first-order valence-corrected chi connectivity index (χ1v) is 12.6. The average molecular weight is 534 g/mol. The van der Waals surface area contributed by atoms with E-state index in [9.17, 15) is 27.5 Å². The van der Waals surface area contributed by atoms with E-state index in [0.717, 1.165) is 23.4 Å². The van der Waals surface area contributed by atoms with E-state index in [4.69, 9.17) is 4.74 Å². The summed E-state index contributed by atoms with van der Waals surface area (Å²) in [6.45, 7) is 9.38. The second-order valence-corrected chi connectivity index (χ2v) is 9.82. The molecule has 204 valence electrons. The molecule has 0 spiro atoms. The number of carboxylic acids is 1. The number of carbonyl (C=O) groups is 1. The van der Waals surface area contributed by atoms with Crippen molar-refractivity contribution < 1.29 is 32.2 Å². The zero-order valence-electron chi connectivity index (χ0n) is 21.3. The summed E-state index contributed by atoms with van der Waals surface area (Å²) in [6.07, 6.45) is -3.65. The van der Waals surface area contributed by atoms with E-state index in [1.807, 2.05) is 24.0 Å². The van der Waals surface area contributed by atoms with Crippen molar-refractivity contribution in [2.75, 3.05) is 29.6 Å². The molecule has 2 aliphatic heterocycles. The minimum Gasteiger partial charge on any atom is -0.494 e. The average Bonchev–Trinajstić information content (AvgIpc) is 3.18. The molecule has 2 unspecified atom stereocenters. The van der Waals surface area contributed by atoms with E-state index in [2.05, 4.69) is 18.6 Å². The number of carboxylic acid groups (broad SMARTS) is 1. The molecule has 1 fully saturated rings. The lowest BCUT2D eigenvalue weighted by atomic mass is 9.82. The van der Waals surface area contributed by atoms with Gasteiger partial charge < -0.3 is 14.7 Å². The SMILES string of the molecule is C=C1C(C(F)(F)F)=NN(c2ccc(CC3CCN(c4cc(OCC)ccc4F)CC3C)cc2)[C@H]1CC(=O)O. The minimum absolute atomic E-state index is 0.277. The molecule has 3 atom stereocenters. The molecule has 38 heavy (non-hydrogen) atoms.